The fraction of sp³-hybridized carbons (Fsp3) is 0.500. The molecule has 0 saturated heterocycles. The van der Waals surface area contributed by atoms with Crippen molar-refractivity contribution in [2.45, 2.75) is 46.1 Å². The van der Waals surface area contributed by atoms with E-state index in [9.17, 15) is 4.79 Å². The molecule has 2 heteroatoms. The van der Waals surface area contributed by atoms with Crippen LogP contribution in [0.25, 0.3) is 0 Å². The van der Waals surface area contributed by atoms with Gasteiger partial charge in [-0.05, 0) is 18.9 Å². The third-order valence-electron chi connectivity index (χ3n) is 2.62. The average molecular weight is 219 g/mol. The minimum atomic E-state index is 0.161. The van der Waals surface area contributed by atoms with Crippen molar-refractivity contribution >= 4 is 5.91 Å². The minimum absolute atomic E-state index is 0.161. The zero-order valence-electron chi connectivity index (χ0n) is 10.3. The van der Waals surface area contributed by atoms with Crippen LogP contribution in [0.1, 0.15) is 43.7 Å². The molecule has 0 unspecified atom stereocenters. The summed E-state index contributed by atoms with van der Waals surface area (Å²) in [7, 11) is 0. The molecule has 2 nitrogen and oxygen atoms in total. The molecule has 0 fully saturated rings. The van der Waals surface area contributed by atoms with Gasteiger partial charge in [-0.3, -0.25) is 4.79 Å². The highest BCUT2D eigenvalue weighted by Crippen LogP contribution is 2.03. The van der Waals surface area contributed by atoms with Crippen LogP contribution in [0.15, 0.2) is 24.3 Å². The number of unbranched alkanes of at least 4 members (excludes halogenated alkanes) is 2. The topological polar surface area (TPSA) is 29.1 Å². The van der Waals surface area contributed by atoms with E-state index in [1.165, 1.54) is 5.56 Å². The Balaban J connectivity index is 2.23. The summed E-state index contributed by atoms with van der Waals surface area (Å²) in [5.74, 6) is 0.161. The SMILES string of the molecule is CCCCCC(=O)NCc1ccc(C)cc1. The van der Waals surface area contributed by atoms with Crippen molar-refractivity contribution in [3.8, 4) is 0 Å². The average Bonchev–Trinajstić information content (AvgIpc) is 2.29. The second-order valence-corrected chi connectivity index (χ2v) is 4.22. The van der Waals surface area contributed by atoms with E-state index in [1.807, 2.05) is 0 Å². The normalized spacial score (nSPS) is 10.1. The molecule has 1 aromatic rings. The summed E-state index contributed by atoms with van der Waals surface area (Å²) >= 11 is 0. The number of benzene rings is 1. The largest absolute Gasteiger partial charge is 0.352 e. The van der Waals surface area contributed by atoms with Crippen LogP contribution < -0.4 is 5.32 Å². The minimum Gasteiger partial charge on any atom is -0.352 e. The lowest BCUT2D eigenvalue weighted by molar-refractivity contribution is -0.121. The van der Waals surface area contributed by atoms with Gasteiger partial charge in [-0.15, -0.1) is 0 Å². The lowest BCUT2D eigenvalue weighted by atomic mass is 10.1. The first-order valence-corrected chi connectivity index (χ1v) is 6.04. The zero-order chi connectivity index (χ0) is 11.8. The number of carbonyl (C=O) groups excluding carboxylic acids is 1. The third-order valence-corrected chi connectivity index (χ3v) is 2.62. The number of nitrogens with one attached hydrogen (secondary N) is 1. The van der Waals surface area contributed by atoms with Gasteiger partial charge in [-0.1, -0.05) is 49.6 Å². The Morgan fingerprint density at radius 3 is 2.50 bits per heavy atom. The summed E-state index contributed by atoms with van der Waals surface area (Å²) in [5.41, 5.74) is 2.41. The lowest BCUT2D eigenvalue weighted by Crippen LogP contribution is -2.22. The van der Waals surface area contributed by atoms with Crippen molar-refractivity contribution < 1.29 is 4.79 Å². The first-order chi connectivity index (χ1) is 7.72. The van der Waals surface area contributed by atoms with E-state index in [-0.39, 0.29) is 5.91 Å². The van der Waals surface area contributed by atoms with Crippen LogP contribution in [0, 0.1) is 6.92 Å². The summed E-state index contributed by atoms with van der Waals surface area (Å²) in [5, 5.41) is 2.94. The number of aryl methyl sites for hydroxylation is 1. The van der Waals surface area contributed by atoms with Gasteiger partial charge in [-0.25, -0.2) is 0 Å². The van der Waals surface area contributed by atoms with E-state index < -0.39 is 0 Å². The third kappa shape index (κ3) is 4.96. The van der Waals surface area contributed by atoms with Crippen molar-refractivity contribution in [2.24, 2.45) is 0 Å². The smallest absolute Gasteiger partial charge is 0.220 e. The Hall–Kier alpha value is -1.31. The van der Waals surface area contributed by atoms with Crippen LogP contribution >= 0.6 is 0 Å². The fourth-order valence-corrected chi connectivity index (χ4v) is 1.53. The maximum Gasteiger partial charge on any atom is 0.220 e. The van der Waals surface area contributed by atoms with E-state index in [0.717, 1.165) is 24.8 Å². The van der Waals surface area contributed by atoms with E-state index >= 15 is 0 Å². The van der Waals surface area contributed by atoms with Crippen LogP contribution in [-0.4, -0.2) is 5.91 Å². The number of hydrogen-bond donors (Lipinski definition) is 1. The predicted octanol–water partition coefficient (Wildman–Crippen LogP) is 3.19. The number of rotatable bonds is 6. The Kier molecular flexibility index (Phi) is 5.62. The Labute approximate surface area is 98.1 Å². The second-order valence-electron chi connectivity index (χ2n) is 4.22. The van der Waals surface area contributed by atoms with E-state index in [1.54, 1.807) is 0 Å². The molecule has 0 saturated carbocycles. The first-order valence-electron chi connectivity index (χ1n) is 6.04. The van der Waals surface area contributed by atoms with E-state index in [0.29, 0.717) is 13.0 Å². The predicted molar refractivity (Wildman–Crippen MR) is 67.2 cm³/mol. The Morgan fingerprint density at radius 1 is 1.19 bits per heavy atom. The summed E-state index contributed by atoms with van der Waals surface area (Å²) in [6.45, 7) is 4.85. The van der Waals surface area contributed by atoms with Gasteiger partial charge in [0, 0.05) is 13.0 Å². The Morgan fingerprint density at radius 2 is 1.88 bits per heavy atom. The van der Waals surface area contributed by atoms with Crippen molar-refractivity contribution in [3.05, 3.63) is 35.4 Å². The van der Waals surface area contributed by atoms with Crippen molar-refractivity contribution in [1.29, 1.82) is 0 Å². The van der Waals surface area contributed by atoms with Crippen LogP contribution in [0.4, 0.5) is 0 Å². The second kappa shape index (κ2) is 7.04. The van der Waals surface area contributed by atoms with Gasteiger partial charge >= 0.3 is 0 Å². The van der Waals surface area contributed by atoms with Crippen molar-refractivity contribution in [2.75, 3.05) is 0 Å². The Bertz CT molecular complexity index is 316. The molecule has 0 aliphatic rings. The molecule has 0 aromatic heterocycles. The summed E-state index contributed by atoms with van der Waals surface area (Å²) < 4.78 is 0. The van der Waals surface area contributed by atoms with Crippen molar-refractivity contribution in [1.82, 2.24) is 5.32 Å². The molecular weight excluding hydrogens is 198 g/mol. The van der Waals surface area contributed by atoms with Gasteiger partial charge in [0.25, 0.3) is 0 Å². The maximum absolute atomic E-state index is 11.4. The fourth-order valence-electron chi connectivity index (χ4n) is 1.53. The van der Waals surface area contributed by atoms with Gasteiger partial charge in [0.1, 0.15) is 0 Å². The van der Waals surface area contributed by atoms with Gasteiger partial charge in [0.2, 0.25) is 5.91 Å². The molecule has 88 valence electrons. The quantitative estimate of drug-likeness (QED) is 0.731. The molecule has 0 atom stereocenters. The molecule has 16 heavy (non-hydrogen) atoms. The van der Waals surface area contributed by atoms with Gasteiger partial charge < -0.3 is 5.32 Å². The van der Waals surface area contributed by atoms with Crippen molar-refractivity contribution in [3.63, 3.8) is 0 Å². The highest BCUT2D eigenvalue weighted by Gasteiger charge is 2.00. The molecule has 0 radical (unpaired) electrons. The number of amides is 1. The molecule has 1 N–H and O–H groups in total. The molecule has 0 bridgehead atoms. The summed E-state index contributed by atoms with van der Waals surface area (Å²) in [6, 6.07) is 8.25. The number of hydrogen-bond acceptors (Lipinski definition) is 1. The molecule has 1 aromatic carbocycles. The van der Waals surface area contributed by atoms with Crippen LogP contribution in [-0.2, 0) is 11.3 Å². The zero-order valence-corrected chi connectivity index (χ0v) is 10.3. The first kappa shape index (κ1) is 12.8. The highest BCUT2D eigenvalue weighted by molar-refractivity contribution is 5.75. The molecule has 0 aliphatic carbocycles. The monoisotopic (exact) mass is 219 g/mol. The van der Waals surface area contributed by atoms with Gasteiger partial charge in [0.05, 0.1) is 0 Å². The van der Waals surface area contributed by atoms with Crippen LogP contribution in [0.2, 0.25) is 0 Å². The lowest BCUT2D eigenvalue weighted by Gasteiger charge is -2.05. The van der Waals surface area contributed by atoms with Gasteiger partial charge in [0.15, 0.2) is 0 Å². The van der Waals surface area contributed by atoms with Crippen LogP contribution in [0.3, 0.4) is 0 Å². The van der Waals surface area contributed by atoms with Gasteiger partial charge in [-0.2, -0.15) is 0 Å². The molecule has 1 rings (SSSR count). The number of carbonyl (C=O) groups is 1. The molecule has 1 amide bonds. The highest BCUT2D eigenvalue weighted by atomic mass is 16.1. The molecular formula is C14H21NO. The maximum atomic E-state index is 11.4. The summed E-state index contributed by atoms with van der Waals surface area (Å²) in [4.78, 5) is 11.4. The van der Waals surface area contributed by atoms with Crippen LogP contribution in [0.5, 0.6) is 0 Å². The standard InChI is InChI=1S/C14H21NO/c1-3-4-5-6-14(16)15-11-13-9-7-12(2)8-10-13/h7-10H,3-6,11H2,1-2H3,(H,15,16). The molecule has 0 aliphatic heterocycles. The van der Waals surface area contributed by atoms with E-state index in [4.69, 9.17) is 0 Å². The van der Waals surface area contributed by atoms with E-state index in [2.05, 4.69) is 43.4 Å². The molecule has 0 heterocycles. The molecule has 0 spiro atoms. The summed E-state index contributed by atoms with van der Waals surface area (Å²) in [6.07, 6.45) is 3.94.